The lowest BCUT2D eigenvalue weighted by Gasteiger charge is -2.26. The monoisotopic (exact) mass is 523 g/mol. The minimum atomic E-state index is 0. The maximum atomic E-state index is 6.09. The van der Waals surface area contributed by atoms with E-state index in [0.717, 1.165) is 69.6 Å². The Bertz CT molecular complexity index is 593. The topological polar surface area (TPSA) is 54.9 Å². The van der Waals surface area contributed by atoms with E-state index in [1.165, 1.54) is 5.56 Å². The average Bonchev–Trinajstić information content (AvgIpc) is 2.64. The summed E-state index contributed by atoms with van der Waals surface area (Å²) in [6, 6.07) is 8.08. The molecule has 0 radical (unpaired) electrons. The first-order valence-corrected chi connectivity index (χ1v) is 10.2. The SMILES string of the molecule is CN=C(NCCCOC1CCOCC1)NCC(C)(C)Cc1cccc(Cl)c1.I. The molecule has 1 fully saturated rings. The summed E-state index contributed by atoms with van der Waals surface area (Å²) in [4.78, 5) is 4.32. The van der Waals surface area contributed by atoms with Crippen LogP contribution in [0.1, 0.15) is 38.7 Å². The van der Waals surface area contributed by atoms with Crippen molar-refractivity contribution in [1.82, 2.24) is 10.6 Å². The van der Waals surface area contributed by atoms with Gasteiger partial charge < -0.3 is 20.1 Å². The van der Waals surface area contributed by atoms with Crippen molar-refractivity contribution in [2.45, 2.75) is 45.6 Å². The Kier molecular flexibility index (Phi) is 12.4. The van der Waals surface area contributed by atoms with Crippen LogP contribution in [0.3, 0.4) is 0 Å². The molecular weight excluding hydrogens is 489 g/mol. The van der Waals surface area contributed by atoms with E-state index in [2.05, 4.69) is 35.5 Å². The van der Waals surface area contributed by atoms with Crippen molar-refractivity contribution in [1.29, 1.82) is 0 Å². The smallest absolute Gasteiger partial charge is 0.190 e. The number of benzene rings is 1. The van der Waals surface area contributed by atoms with E-state index in [0.29, 0.717) is 6.10 Å². The van der Waals surface area contributed by atoms with Gasteiger partial charge in [0, 0.05) is 45.0 Å². The minimum Gasteiger partial charge on any atom is -0.381 e. The summed E-state index contributed by atoms with van der Waals surface area (Å²) in [6.45, 7) is 8.59. The van der Waals surface area contributed by atoms with E-state index in [-0.39, 0.29) is 29.4 Å². The highest BCUT2D eigenvalue weighted by Crippen LogP contribution is 2.22. The summed E-state index contributed by atoms with van der Waals surface area (Å²) >= 11 is 6.09. The minimum absolute atomic E-state index is 0. The van der Waals surface area contributed by atoms with E-state index < -0.39 is 0 Å². The summed E-state index contributed by atoms with van der Waals surface area (Å²) in [7, 11) is 1.80. The molecule has 7 heteroatoms. The predicted octanol–water partition coefficient (Wildman–Crippen LogP) is 4.28. The van der Waals surface area contributed by atoms with Crippen molar-refractivity contribution < 1.29 is 9.47 Å². The van der Waals surface area contributed by atoms with Crippen molar-refractivity contribution in [3.63, 3.8) is 0 Å². The van der Waals surface area contributed by atoms with Gasteiger partial charge >= 0.3 is 0 Å². The molecule has 0 saturated carbocycles. The van der Waals surface area contributed by atoms with Gasteiger partial charge in [-0.15, -0.1) is 24.0 Å². The number of halogens is 2. The number of hydrogen-bond acceptors (Lipinski definition) is 3. The summed E-state index contributed by atoms with van der Waals surface area (Å²) in [5.74, 6) is 0.834. The van der Waals surface area contributed by atoms with E-state index >= 15 is 0 Å². The molecule has 0 unspecified atom stereocenters. The standard InChI is InChI=1S/C21H34ClN3O2.HI/c1-21(2,15-17-6-4-7-18(22)14-17)16-25-20(23-3)24-10-5-11-27-19-8-12-26-13-9-19;/h4,6-7,14,19H,5,8-13,15-16H2,1-3H3,(H2,23,24,25);1H. The van der Waals surface area contributed by atoms with Gasteiger partial charge in [-0.05, 0) is 48.8 Å². The highest BCUT2D eigenvalue weighted by Gasteiger charge is 2.19. The molecule has 1 aromatic rings. The molecule has 1 aliphatic heterocycles. The second kappa shape index (κ2) is 13.6. The first-order valence-electron chi connectivity index (χ1n) is 9.87. The summed E-state index contributed by atoms with van der Waals surface area (Å²) in [5.41, 5.74) is 1.34. The molecular formula is C21H35ClIN3O2. The van der Waals surface area contributed by atoms with E-state index in [1.807, 2.05) is 18.2 Å². The molecule has 28 heavy (non-hydrogen) atoms. The van der Waals surface area contributed by atoms with Gasteiger partial charge in [-0.2, -0.15) is 0 Å². The quantitative estimate of drug-likeness (QED) is 0.220. The fraction of sp³-hybridized carbons (Fsp3) is 0.667. The van der Waals surface area contributed by atoms with E-state index in [9.17, 15) is 0 Å². The first kappa shape index (κ1) is 25.5. The van der Waals surface area contributed by atoms with Crippen LogP contribution < -0.4 is 10.6 Å². The molecule has 1 aliphatic rings. The van der Waals surface area contributed by atoms with Gasteiger partial charge in [-0.3, -0.25) is 4.99 Å². The average molecular weight is 524 g/mol. The van der Waals surface area contributed by atoms with Crippen LogP contribution >= 0.6 is 35.6 Å². The Labute approximate surface area is 192 Å². The van der Waals surface area contributed by atoms with Crippen LogP contribution in [-0.4, -0.2) is 52.0 Å². The van der Waals surface area contributed by atoms with Crippen molar-refractivity contribution in [3.8, 4) is 0 Å². The molecule has 0 aliphatic carbocycles. The number of aliphatic imine (C=N–C) groups is 1. The molecule has 2 N–H and O–H groups in total. The van der Waals surface area contributed by atoms with Gasteiger partial charge in [0.1, 0.15) is 0 Å². The Morgan fingerprint density at radius 2 is 2.04 bits per heavy atom. The highest BCUT2D eigenvalue weighted by atomic mass is 127. The van der Waals surface area contributed by atoms with Gasteiger partial charge in [-0.25, -0.2) is 0 Å². The van der Waals surface area contributed by atoms with Gasteiger partial charge in [0.05, 0.1) is 6.10 Å². The van der Waals surface area contributed by atoms with Crippen LogP contribution in [0.2, 0.25) is 5.02 Å². The highest BCUT2D eigenvalue weighted by molar-refractivity contribution is 14.0. The molecule has 0 bridgehead atoms. The van der Waals surface area contributed by atoms with Crippen molar-refractivity contribution in [3.05, 3.63) is 34.9 Å². The Balaban J connectivity index is 0.00000392. The largest absolute Gasteiger partial charge is 0.381 e. The fourth-order valence-corrected chi connectivity index (χ4v) is 3.39. The lowest BCUT2D eigenvalue weighted by molar-refractivity contribution is -0.0320. The molecule has 0 spiro atoms. The zero-order chi connectivity index (χ0) is 19.5. The molecule has 1 saturated heterocycles. The van der Waals surface area contributed by atoms with Gasteiger partial charge in [0.25, 0.3) is 0 Å². The maximum Gasteiger partial charge on any atom is 0.190 e. The van der Waals surface area contributed by atoms with Crippen LogP contribution in [0.15, 0.2) is 29.3 Å². The molecule has 1 heterocycles. The number of nitrogens with one attached hydrogen (secondary N) is 2. The molecule has 0 atom stereocenters. The Hall–Kier alpha value is -0.570. The second-order valence-corrected chi connectivity index (χ2v) is 8.30. The summed E-state index contributed by atoms with van der Waals surface area (Å²) in [6.07, 6.45) is 4.31. The third-order valence-electron chi connectivity index (χ3n) is 4.67. The van der Waals surface area contributed by atoms with Gasteiger partial charge in [-0.1, -0.05) is 37.6 Å². The summed E-state index contributed by atoms with van der Waals surface area (Å²) in [5, 5.41) is 7.59. The number of nitrogens with zero attached hydrogens (tertiary/aromatic N) is 1. The first-order chi connectivity index (χ1) is 13.0. The van der Waals surface area contributed by atoms with Crippen LogP contribution in [-0.2, 0) is 15.9 Å². The zero-order valence-electron chi connectivity index (χ0n) is 17.3. The van der Waals surface area contributed by atoms with Crippen LogP contribution in [0.25, 0.3) is 0 Å². The predicted molar refractivity (Wildman–Crippen MR) is 128 cm³/mol. The lowest BCUT2D eigenvalue weighted by atomic mass is 9.86. The van der Waals surface area contributed by atoms with Crippen molar-refractivity contribution >= 4 is 41.5 Å². The Morgan fingerprint density at radius 3 is 2.71 bits per heavy atom. The number of ether oxygens (including phenoxy) is 2. The molecule has 1 aromatic carbocycles. The van der Waals surface area contributed by atoms with Crippen molar-refractivity contribution in [2.75, 3.05) is 40.0 Å². The number of guanidine groups is 1. The lowest BCUT2D eigenvalue weighted by Crippen LogP contribution is -2.43. The number of rotatable bonds is 9. The summed E-state index contributed by atoms with van der Waals surface area (Å²) < 4.78 is 11.2. The Morgan fingerprint density at radius 1 is 1.29 bits per heavy atom. The molecule has 2 rings (SSSR count). The zero-order valence-corrected chi connectivity index (χ0v) is 20.4. The molecule has 5 nitrogen and oxygen atoms in total. The van der Waals surface area contributed by atoms with E-state index in [4.69, 9.17) is 21.1 Å². The van der Waals surface area contributed by atoms with Crippen molar-refractivity contribution in [2.24, 2.45) is 10.4 Å². The van der Waals surface area contributed by atoms with Crippen LogP contribution in [0, 0.1) is 5.41 Å². The molecule has 0 amide bonds. The van der Waals surface area contributed by atoms with Gasteiger partial charge in [0.15, 0.2) is 5.96 Å². The maximum absolute atomic E-state index is 6.09. The molecule has 0 aromatic heterocycles. The van der Waals surface area contributed by atoms with E-state index in [1.54, 1.807) is 7.05 Å². The van der Waals surface area contributed by atoms with Gasteiger partial charge in [0.2, 0.25) is 0 Å². The third-order valence-corrected chi connectivity index (χ3v) is 4.90. The second-order valence-electron chi connectivity index (χ2n) is 7.86. The third kappa shape index (κ3) is 10.3. The van der Waals surface area contributed by atoms with Crippen LogP contribution in [0.5, 0.6) is 0 Å². The fourth-order valence-electron chi connectivity index (χ4n) is 3.18. The normalized spacial score (nSPS) is 15.8. The number of hydrogen-bond donors (Lipinski definition) is 2. The molecule has 160 valence electrons. The van der Waals surface area contributed by atoms with Crippen LogP contribution in [0.4, 0.5) is 0 Å².